The molecule has 17 heteroatoms. The molecule has 1 aliphatic rings. The van der Waals surface area contributed by atoms with Crippen molar-refractivity contribution in [3.63, 3.8) is 0 Å². The molecule has 1 fully saturated rings. The number of amides is 1. The number of carbonyl (C=O) groups excluding carboxylic acids is 1. The third-order valence-electron chi connectivity index (χ3n) is 6.95. The summed E-state index contributed by atoms with van der Waals surface area (Å²) in [6.07, 6.45) is -3.09. The van der Waals surface area contributed by atoms with Gasteiger partial charge in [-0.25, -0.2) is 0 Å². The van der Waals surface area contributed by atoms with E-state index < -0.39 is 61.7 Å². The van der Waals surface area contributed by atoms with Gasteiger partial charge in [-0.1, -0.05) is 13.8 Å². The molecule has 6 N–H and O–H groups in total. The molecule has 0 saturated carbocycles. The first-order chi connectivity index (χ1) is 20.9. The summed E-state index contributed by atoms with van der Waals surface area (Å²) in [5.74, 6) is -2.28. The number of carboxylic acid groups (broad SMARTS) is 3. The van der Waals surface area contributed by atoms with Crippen molar-refractivity contribution in [1.29, 1.82) is 0 Å². The zero-order valence-corrected chi connectivity index (χ0v) is 26.7. The van der Waals surface area contributed by atoms with Gasteiger partial charge >= 0.3 is 17.9 Å². The first-order valence-electron chi connectivity index (χ1n) is 14.7. The number of ether oxygens (including phenoxy) is 3. The van der Waals surface area contributed by atoms with Gasteiger partial charge in [0.15, 0.2) is 6.29 Å². The number of likely N-dealkylation sites (N-methyl/N-ethyl adjacent to an activating group) is 1. The van der Waals surface area contributed by atoms with Gasteiger partial charge in [-0.15, -0.1) is 0 Å². The zero-order chi connectivity index (χ0) is 33.1. The third kappa shape index (κ3) is 16.3. The minimum Gasteiger partial charge on any atom is -0.480 e. The molecule has 5 atom stereocenters. The van der Waals surface area contributed by atoms with Crippen LogP contribution in [0.15, 0.2) is 0 Å². The highest BCUT2D eigenvalue weighted by Crippen LogP contribution is 2.25. The van der Waals surface area contributed by atoms with E-state index in [0.29, 0.717) is 51.4 Å². The summed E-state index contributed by atoms with van der Waals surface area (Å²) in [4.78, 5) is 50.6. The second-order valence-electron chi connectivity index (χ2n) is 10.4. The summed E-state index contributed by atoms with van der Waals surface area (Å²) in [6, 6.07) is 0. The van der Waals surface area contributed by atoms with Crippen molar-refractivity contribution >= 4 is 35.6 Å². The average molecular weight is 655 g/mol. The molecule has 1 aliphatic heterocycles. The lowest BCUT2D eigenvalue weighted by atomic mass is 9.97. The highest BCUT2D eigenvalue weighted by Gasteiger charge is 2.44. The van der Waals surface area contributed by atoms with E-state index in [0.717, 1.165) is 5.75 Å². The molecule has 0 aliphatic carbocycles. The lowest BCUT2D eigenvalue weighted by molar-refractivity contribution is -0.299. The van der Waals surface area contributed by atoms with E-state index in [1.807, 2.05) is 18.7 Å². The van der Waals surface area contributed by atoms with Gasteiger partial charge in [-0.2, -0.15) is 11.8 Å². The number of nitrogens with zero attached hydrogens (tertiary/aromatic N) is 3. The SMILES string of the molecule is CCC1O[C@H](OC)C(OCCCSCCNC(=O)CN(CCN(CC)CCN(CC(=O)O)CC(=O)O)CC(=O)O)C(O)[C@@H]1O. The molecule has 256 valence electrons. The standard InChI is InChI=1S/C27H50N4O12S/c1-4-19-24(39)25(40)26(27(41-3)43-19)42-12-6-13-44-14-7-28-20(32)15-30(16-21(33)34)10-8-29(5-2)9-11-31(17-22(35)36)18-23(37)38/h19,24-27,39-40H,4-18H2,1-3H3,(H,28,32)(H,33,34)(H,35,36)(H,37,38)/t19?,24-,25?,26?,27+/m1/s1. The van der Waals surface area contributed by atoms with E-state index in [9.17, 15) is 34.5 Å². The van der Waals surface area contributed by atoms with Crippen LogP contribution < -0.4 is 5.32 Å². The van der Waals surface area contributed by atoms with Gasteiger partial charge in [0.2, 0.25) is 5.91 Å². The molecule has 1 saturated heterocycles. The van der Waals surface area contributed by atoms with Crippen LogP contribution in [0.3, 0.4) is 0 Å². The fraction of sp³-hybridized carbons (Fsp3) is 0.852. The Bertz CT molecular complexity index is 855. The van der Waals surface area contributed by atoms with E-state index in [4.69, 9.17) is 24.4 Å². The van der Waals surface area contributed by atoms with Crippen LogP contribution in [-0.2, 0) is 33.4 Å². The largest absolute Gasteiger partial charge is 0.480 e. The molecule has 44 heavy (non-hydrogen) atoms. The van der Waals surface area contributed by atoms with Crippen LogP contribution in [-0.4, -0.2) is 185 Å². The second-order valence-corrected chi connectivity index (χ2v) is 11.6. The Morgan fingerprint density at radius 2 is 1.36 bits per heavy atom. The number of thioether (sulfide) groups is 1. The monoisotopic (exact) mass is 654 g/mol. The lowest BCUT2D eigenvalue weighted by Gasteiger charge is -2.41. The molecule has 1 amide bonds. The third-order valence-corrected chi connectivity index (χ3v) is 8.02. The van der Waals surface area contributed by atoms with Crippen molar-refractivity contribution in [3.8, 4) is 0 Å². The molecule has 0 aromatic heterocycles. The molecule has 0 aromatic carbocycles. The fourth-order valence-corrected chi connectivity index (χ4v) is 5.38. The van der Waals surface area contributed by atoms with Crippen LogP contribution in [0.5, 0.6) is 0 Å². The minimum atomic E-state index is -1.13. The van der Waals surface area contributed by atoms with Gasteiger partial charge in [0, 0.05) is 52.2 Å². The molecular weight excluding hydrogens is 604 g/mol. The van der Waals surface area contributed by atoms with E-state index >= 15 is 0 Å². The van der Waals surface area contributed by atoms with E-state index in [2.05, 4.69) is 5.32 Å². The number of hydrogen-bond donors (Lipinski definition) is 6. The summed E-state index contributed by atoms with van der Waals surface area (Å²) in [5.41, 5.74) is 0. The molecule has 0 radical (unpaired) electrons. The molecule has 16 nitrogen and oxygen atoms in total. The van der Waals surface area contributed by atoms with Gasteiger partial charge in [0.25, 0.3) is 0 Å². The fourth-order valence-electron chi connectivity index (χ4n) is 4.61. The van der Waals surface area contributed by atoms with Crippen LogP contribution in [0, 0.1) is 0 Å². The highest BCUT2D eigenvalue weighted by molar-refractivity contribution is 7.99. The Balaban J connectivity index is 2.35. The van der Waals surface area contributed by atoms with E-state index in [-0.39, 0.29) is 32.1 Å². The molecular formula is C27H50N4O12S. The first kappa shape index (κ1) is 39.9. The Morgan fingerprint density at radius 1 is 0.818 bits per heavy atom. The van der Waals surface area contributed by atoms with Crippen molar-refractivity contribution in [2.75, 3.05) is 90.7 Å². The van der Waals surface area contributed by atoms with Gasteiger partial charge in [-0.3, -0.25) is 29.0 Å². The first-order valence-corrected chi connectivity index (χ1v) is 15.9. The van der Waals surface area contributed by atoms with Crippen LogP contribution >= 0.6 is 11.8 Å². The maximum absolute atomic E-state index is 12.5. The average Bonchev–Trinajstić information content (AvgIpc) is 2.95. The number of aliphatic hydroxyl groups excluding tert-OH is 2. The molecule has 1 rings (SSSR count). The number of aliphatic carboxylic acids is 3. The molecule has 1 heterocycles. The Morgan fingerprint density at radius 3 is 1.86 bits per heavy atom. The number of hydrogen-bond acceptors (Lipinski definition) is 13. The van der Waals surface area contributed by atoms with Gasteiger partial charge < -0.3 is 50.0 Å². The van der Waals surface area contributed by atoms with Crippen molar-refractivity contribution in [1.82, 2.24) is 20.0 Å². The van der Waals surface area contributed by atoms with Crippen LogP contribution in [0.4, 0.5) is 0 Å². The van der Waals surface area contributed by atoms with Crippen molar-refractivity contribution < 1.29 is 58.9 Å². The number of methoxy groups -OCH3 is 1. The smallest absolute Gasteiger partial charge is 0.317 e. The second kappa shape index (κ2) is 22.4. The van der Waals surface area contributed by atoms with Crippen LogP contribution in [0.2, 0.25) is 0 Å². The number of carboxylic acids is 3. The summed E-state index contributed by atoms with van der Waals surface area (Å²) in [7, 11) is 1.45. The zero-order valence-electron chi connectivity index (χ0n) is 25.8. The number of carbonyl (C=O) groups is 4. The summed E-state index contributed by atoms with van der Waals surface area (Å²) < 4.78 is 16.7. The minimum absolute atomic E-state index is 0.107. The normalized spacial score (nSPS) is 22.0. The van der Waals surface area contributed by atoms with Crippen molar-refractivity contribution in [3.05, 3.63) is 0 Å². The summed E-state index contributed by atoms with van der Waals surface area (Å²) >= 11 is 1.59. The van der Waals surface area contributed by atoms with Crippen LogP contribution in [0.25, 0.3) is 0 Å². The molecule has 0 bridgehead atoms. The summed E-state index contributed by atoms with van der Waals surface area (Å²) in [5, 5.41) is 50.7. The van der Waals surface area contributed by atoms with Crippen molar-refractivity contribution in [2.45, 2.75) is 57.4 Å². The number of rotatable bonds is 25. The van der Waals surface area contributed by atoms with E-state index in [1.54, 1.807) is 11.8 Å². The quantitative estimate of drug-likeness (QED) is 0.0604. The predicted molar refractivity (Wildman–Crippen MR) is 161 cm³/mol. The molecule has 0 aromatic rings. The van der Waals surface area contributed by atoms with E-state index in [1.165, 1.54) is 16.9 Å². The highest BCUT2D eigenvalue weighted by atomic mass is 32.2. The number of nitrogens with one attached hydrogen (secondary N) is 1. The predicted octanol–water partition coefficient (Wildman–Crippen LogP) is -1.71. The van der Waals surface area contributed by atoms with Crippen molar-refractivity contribution in [2.24, 2.45) is 0 Å². The maximum atomic E-state index is 12.5. The summed E-state index contributed by atoms with van der Waals surface area (Å²) in [6.45, 7) is 5.06. The molecule has 3 unspecified atom stereocenters. The van der Waals surface area contributed by atoms with Gasteiger partial charge in [0.1, 0.15) is 18.3 Å². The Kier molecular flexibility index (Phi) is 20.3. The Labute approximate surface area is 262 Å². The maximum Gasteiger partial charge on any atom is 0.317 e. The lowest BCUT2D eigenvalue weighted by Crippen LogP contribution is -2.58. The topological polar surface area (TPSA) is 219 Å². The number of aliphatic hydroxyl groups is 2. The van der Waals surface area contributed by atoms with Gasteiger partial charge in [0.05, 0.1) is 32.3 Å². The molecule has 0 spiro atoms. The van der Waals surface area contributed by atoms with Crippen LogP contribution in [0.1, 0.15) is 26.7 Å². The Hall–Kier alpha value is -2.09. The van der Waals surface area contributed by atoms with Gasteiger partial charge in [-0.05, 0) is 25.1 Å².